The maximum absolute atomic E-state index is 13.8. The first-order valence-corrected chi connectivity index (χ1v) is 14.8. The third-order valence-electron chi connectivity index (χ3n) is 7.68. The van der Waals surface area contributed by atoms with E-state index in [4.69, 9.17) is 26.2 Å². The summed E-state index contributed by atoms with van der Waals surface area (Å²) < 4.78 is 12.4. The van der Waals surface area contributed by atoms with Crippen LogP contribution < -0.4 is 15.0 Å². The maximum Gasteiger partial charge on any atom is 0.278 e. The maximum atomic E-state index is 13.8. The number of hydrogen-bond donors (Lipinski definition) is 3. The van der Waals surface area contributed by atoms with Gasteiger partial charge in [0.15, 0.2) is 0 Å². The lowest BCUT2D eigenvalue weighted by atomic mass is 9.92. The van der Waals surface area contributed by atoms with Crippen molar-refractivity contribution in [3.8, 4) is 11.5 Å². The lowest BCUT2D eigenvalue weighted by Gasteiger charge is -2.17. The number of carbonyl (C=O) groups excluding carboxylic acids is 2. The van der Waals surface area contributed by atoms with Crippen LogP contribution in [-0.4, -0.2) is 70.3 Å². The lowest BCUT2D eigenvalue weighted by Crippen LogP contribution is -2.30. The number of phenols is 1. The first-order valence-electron chi connectivity index (χ1n) is 14.2. The Hall–Kier alpha value is -4.64. The molecule has 0 unspecified atom stereocenters. The van der Waals surface area contributed by atoms with Crippen molar-refractivity contribution in [1.29, 1.82) is 0 Å². The lowest BCUT2D eigenvalue weighted by molar-refractivity contribution is 0.0705. The zero-order chi connectivity index (χ0) is 30.8. The molecule has 2 amide bonds. The molecule has 2 aromatic heterocycles. The van der Waals surface area contributed by atoms with Gasteiger partial charge in [0.2, 0.25) is 0 Å². The minimum Gasteiger partial charge on any atom is -0.507 e. The number of halogens is 1. The summed E-state index contributed by atoms with van der Waals surface area (Å²) in [6.07, 6.45) is 3.33. The zero-order valence-corrected chi connectivity index (χ0v) is 24.8. The van der Waals surface area contributed by atoms with Crippen LogP contribution in [-0.2, 0) is 4.74 Å². The first-order chi connectivity index (χ1) is 21.4. The highest BCUT2D eigenvalue weighted by Crippen LogP contribution is 2.46. The van der Waals surface area contributed by atoms with E-state index in [1.165, 1.54) is 0 Å². The molecule has 0 radical (unpaired) electrons. The van der Waals surface area contributed by atoms with E-state index in [0.717, 1.165) is 21.9 Å². The number of imidazole rings is 1. The highest BCUT2D eigenvalue weighted by molar-refractivity contribution is 6.19. The highest BCUT2D eigenvalue weighted by atomic mass is 35.5. The summed E-state index contributed by atoms with van der Waals surface area (Å²) in [4.78, 5) is 32.9. The predicted molar refractivity (Wildman–Crippen MR) is 168 cm³/mol. The Labute approximate surface area is 258 Å². The van der Waals surface area contributed by atoms with Crippen molar-refractivity contribution in [1.82, 2.24) is 9.38 Å². The van der Waals surface area contributed by atoms with Crippen molar-refractivity contribution in [2.75, 3.05) is 49.1 Å². The second-order valence-electron chi connectivity index (χ2n) is 10.6. The normalized spacial score (nSPS) is 14.2. The van der Waals surface area contributed by atoms with Gasteiger partial charge in [-0.3, -0.25) is 9.59 Å². The molecular formula is C33H31ClN4O6. The molecular weight excluding hydrogens is 584 g/mol. The highest BCUT2D eigenvalue weighted by Gasteiger charge is 2.36. The van der Waals surface area contributed by atoms with E-state index < -0.39 is 0 Å². The molecule has 0 spiro atoms. The van der Waals surface area contributed by atoms with Crippen LogP contribution in [0.3, 0.4) is 0 Å². The molecule has 10 nitrogen and oxygen atoms in total. The van der Waals surface area contributed by atoms with E-state index >= 15 is 0 Å². The first kappa shape index (κ1) is 29.4. The van der Waals surface area contributed by atoms with Crippen LogP contribution in [0.1, 0.15) is 37.9 Å². The van der Waals surface area contributed by atoms with Gasteiger partial charge in [-0.25, -0.2) is 4.98 Å². The minimum atomic E-state index is -0.304. The van der Waals surface area contributed by atoms with Gasteiger partial charge in [0.25, 0.3) is 11.8 Å². The molecule has 1 aliphatic rings. The zero-order valence-electron chi connectivity index (χ0n) is 24.0. The average molecular weight is 615 g/mol. The number of carbonyl (C=O) groups is 2. The number of nitrogens with zero attached hydrogens (tertiary/aromatic N) is 3. The Balaban J connectivity index is 1.18. The number of fused-ring (bicyclic) bond motifs is 4. The van der Waals surface area contributed by atoms with Crippen LogP contribution in [0.25, 0.3) is 16.4 Å². The fourth-order valence-corrected chi connectivity index (χ4v) is 5.87. The molecule has 0 saturated heterocycles. The number of amides is 2. The van der Waals surface area contributed by atoms with Gasteiger partial charge < -0.3 is 34.3 Å². The second-order valence-corrected chi connectivity index (χ2v) is 10.9. The van der Waals surface area contributed by atoms with Crippen LogP contribution in [0.5, 0.6) is 11.5 Å². The number of phenolic OH excluding ortho intramolecular Hbond substituents is 1. The van der Waals surface area contributed by atoms with Gasteiger partial charge in [0.1, 0.15) is 29.4 Å². The van der Waals surface area contributed by atoms with Crippen molar-refractivity contribution < 1.29 is 29.3 Å². The van der Waals surface area contributed by atoms with E-state index in [1.54, 1.807) is 64.2 Å². The number of aryl methyl sites for hydroxylation is 1. The number of aliphatic hydroxyl groups excluding tert-OH is 1. The molecule has 226 valence electrons. The van der Waals surface area contributed by atoms with E-state index in [9.17, 15) is 14.7 Å². The van der Waals surface area contributed by atoms with Gasteiger partial charge in [-0.2, -0.15) is 0 Å². The molecule has 3 aromatic carbocycles. The predicted octanol–water partition coefficient (Wildman–Crippen LogP) is 5.12. The fourth-order valence-electron chi connectivity index (χ4n) is 5.61. The van der Waals surface area contributed by atoms with Crippen molar-refractivity contribution in [2.24, 2.45) is 0 Å². The quantitative estimate of drug-likeness (QED) is 0.147. The van der Waals surface area contributed by atoms with Gasteiger partial charge in [-0.05, 0) is 59.8 Å². The summed E-state index contributed by atoms with van der Waals surface area (Å²) in [5, 5.41) is 24.1. The number of alkyl halides is 1. The Bertz CT molecular complexity index is 1860. The second kappa shape index (κ2) is 12.5. The smallest absolute Gasteiger partial charge is 0.278 e. The van der Waals surface area contributed by atoms with Gasteiger partial charge in [-0.15, -0.1) is 11.6 Å². The Morgan fingerprint density at radius 3 is 2.66 bits per heavy atom. The number of hydrogen-bond acceptors (Lipinski definition) is 7. The van der Waals surface area contributed by atoms with E-state index in [2.05, 4.69) is 10.3 Å². The van der Waals surface area contributed by atoms with Crippen molar-refractivity contribution in [2.45, 2.75) is 12.8 Å². The Kier molecular flexibility index (Phi) is 8.38. The number of benzene rings is 3. The van der Waals surface area contributed by atoms with Crippen LogP contribution in [0, 0.1) is 6.92 Å². The summed E-state index contributed by atoms with van der Waals surface area (Å²) in [5.41, 5.74) is 4.35. The number of aliphatic hydroxyl groups is 1. The molecule has 1 atom stereocenters. The third kappa shape index (κ3) is 5.67. The van der Waals surface area contributed by atoms with E-state index in [1.807, 2.05) is 25.1 Å². The molecule has 3 N–H and O–H groups in total. The minimum absolute atomic E-state index is 0.0381. The molecule has 0 bridgehead atoms. The fraction of sp³-hybridized carbons (Fsp3) is 0.242. The number of rotatable bonds is 10. The summed E-state index contributed by atoms with van der Waals surface area (Å²) in [6, 6.07) is 17.6. The van der Waals surface area contributed by atoms with Gasteiger partial charge >= 0.3 is 0 Å². The largest absolute Gasteiger partial charge is 0.507 e. The average Bonchev–Trinajstić information content (AvgIpc) is 3.62. The topological polar surface area (TPSA) is 126 Å². The summed E-state index contributed by atoms with van der Waals surface area (Å²) in [7, 11) is 0. The van der Waals surface area contributed by atoms with Crippen molar-refractivity contribution >= 4 is 51.2 Å². The standard InChI is InChI=1S/C33H31ClN4O6/c1-20-3-2-4-25-28(40)15-27-31(30(20)25)22(16-34)17-38(27)33(42)26-19-37-18-23(7-10-29(37)36-26)35-32(41)21-5-8-24(9-6-21)44-14-13-43-12-11-39/h2-10,15,18-19,22,39-40H,11-14,16-17H2,1H3,(H,35,41)/t22-/m1/s1. The van der Waals surface area contributed by atoms with E-state index in [-0.39, 0.29) is 42.4 Å². The van der Waals surface area contributed by atoms with Crippen LogP contribution in [0.2, 0.25) is 0 Å². The summed E-state index contributed by atoms with van der Waals surface area (Å²) >= 11 is 6.38. The van der Waals surface area contributed by atoms with E-state index in [0.29, 0.717) is 54.0 Å². The number of aromatic nitrogens is 2. The van der Waals surface area contributed by atoms with Gasteiger partial charge in [0.05, 0.1) is 31.2 Å². The molecule has 0 fully saturated rings. The van der Waals surface area contributed by atoms with Crippen LogP contribution in [0.15, 0.2) is 73.1 Å². The SMILES string of the molecule is Cc1cccc2c(O)cc3c(c12)[C@H](CCl)CN3C(=O)c1cn2cc(NC(=O)c3ccc(OCCOCCO)cc3)ccc2n1. The Morgan fingerprint density at radius 2 is 1.89 bits per heavy atom. The van der Waals surface area contributed by atoms with Crippen LogP contribution >= 0.6 is 11.6 Å². The molecule has 1 aliphatic heterocycles. The van der Waals surface area contributed by atoms with Gasteiger partial charge in [-0.1, -0.05) is 18.2 Å². The number of pyridine rings is 1. The summed E-state index contributed by atoms with van der Waals surface area (Å²) in [6.45, 7) is 3.27. The number of nitrogens with one attached hydrogen (secondary N) is 1. The van der Waals surface area contributed by atoms with Crippen LogP contribution in [0.4, 0.5) is 11.4 Å². The monoisotopic (exact) mass is 614 g/mol. The Morgan fingerprint density at radius 1 is 1.07 bits per heavy atom. The number of anilines is 2. The third-order valence-corrected chi connectivity index (χ3v) is 8.05. The van der Waals surface area contributed by atoms with Crippen molar-refractivity contribution in [3.63, 3.8) is 0 Å². The number of ether oxygens (including phenoxy) is 2. The molecule has 5 aromatic rings. The molecule has 11 heteroatoms. The molecule has 6 rings (SSSR count). The number of aromatic hydroxyl groups is 1. The molecule has 3 heterocycles. The van der Waals surface area contributed by atoms with Crippen molar-refractivity contribution in [3.05, 3.63) is 95.4 Å². The van der Waals surface area contributed by atoms with Gasteiger partial charge in [0, 0.05) is 47.8 Å². The molecule has 0 aliphatic carbocycles. The molecule has 44 heavy (non-hydrogen) atoms. The summed E-state index contributed by atoms with van der Waals surface area (Å²) in [5.74, 6) is 0.337. The molecule has 0 saturated carbocycles.